The minimum Gasteiger partial charge on any atom is -0.310 e. The quantitative estimate of drug-likeness (QED) is 0.524. The highest BCUT2D eigenvalue weighted by Gasteiger charge is 2.16. The summed E-state index contributed by atoms with van der Waals surface area (Å²) in [7, 11) is 0. The van der Waals surface area contributed by atoms with E-state index in [1.165, 1.54) is 19.4 Å². The summed E-state index contributed by atoms with van der Waals surface area (Å²) in [6.07, 6.45) is 4.69. The third kappa shape index (κ3) is 1.55. The van der Waals surface area contributed by atoms with Crippen LogP contribution in [0.2, 0.25) is 0 Å². The van der Waals surface area contributed by atoms with Gasteiger partial charge in [0, 0.05) is 6.04 Å². The predicted molar refractivity (Wildman–Crippen MR) is 40.4 cm³/mol. The Bertz CT molecular complexity index is 98.7. The number of rotatable bonds is 1. The van der Waals surface area contributed by atoms with Crippen LogP contribution in [0.5, 0.6) is 0 Å². The number of nitrogens with one attached hydrogen (secondary N) is 1. The summed E-state index contributed by atoms with van der Waals surface area (Å²) >= 11 is 0. The lowest BCUT2D eigenvalue weighted by Gasteiger charge is -2.27. The molecule has 1 heterocycles. The molecule has 0 aromatic rings. The van der Waals surface area contributed by atoms with Crippen LogP contribution >= 0.6 is 0 Å². The van der Waals surface area contributed by atoms with Gasteiger partial charge in [0.15, 0.2) is 0 Å². The van der Waals surface area contributed by atoms with E-state index in [4.69, 9.17) is 0 Å². The maximum Gasteiger partial charge on any atom is 0.0273 e. The van der Waals surface area contributed by atoms with Crippen LogP contribution in [0.25, 0.3) is 0 Å². The highest BCUT2D eigenvalue weighted by atomic mass is 14.9. The molecule has 52 valence electrons. The smallest absolute Gasteiger partial charge is 0.0273 e. The van der Waals surface area contributed by atoms with Crippen molar-refractivity contribution in [1.29, 1.82) is 0 Å². The SMILES string of the molecule is C=CC1NCCCC1C. The highest BCUT2D eigenvalue weighted by molar-refractivity contribution is 4.91. The minimum atomic E-state index is 0.568. The second kappa shape index (κ2) is 3.02. The van der Waals surface area contributed by atoms with E-state index < -0.39 is 0 Å². The lowest BCUT2D eigenvalue weighted by atomic mass is 9.93. The Hall–Kier alpha value is -0.300. The van der Waals surface area contributed by atoms with Gasteiger partial charge in [-0.25, -0.2) is 0 Å². The molecule has 1 aliphatic heterocycles. The van der Waals surface area contributed by atoms with Crippen LogP contribution in [0.3, 0.4) is 0 Å². The summed E-state index contributed by atoms with van der Waals surface area (Å²) in [5.74, 6) is 0.788. The normalized spacial score (nSPS) is 36.1. The molecular formula is C8H15N. The van der Waals surface area contributed by atoms with Crippen molar-refractivity contribution >= 4 is 0 Å². The first-order valence-corrected chi connectivity index (χ1v) is 3.70. The van der Waals surface area contributed by atoms with Crippen LogP contribution in [0.15, 0.2) is 12.7 Å². The van der Waals surface area contributed by atoms with Gasteiger partial charge in [0.05, 0.1) is 0 Å². The van der Waals surface area contributed by atoms with Crippen molar-refractivity contribution in [2.45, 2.75) is 25.8 Å². The standard InChI is InChI=1S/C8H15N/c1-3-8-7(2)5-4-6-9-8/h3,7-9H,1,4-6H2,2H3. The molecular weight excluding hydrogens is 110 g/mol. The summed E-state index contributed by atoms with van der Waals surface area (Å²) in [6, 6.07) is 0.568. The maximum absolute atomic E-state index is 3.77. The zero-order valence-corrected chi connectivity index (χ0v) is 6.06. The Labute approximate surface area is 57.1 Å². The van der Waals surface area contributed by atoms with Crippen LogP contribution < -0.4 is 5.32 Å². The fourth-order valence-corrected chi connectivity index (χ4v) is 1.39. The molecule has 1 aliphatic rings. The van der Waals surface area contributed by atoms with Gasteiger partial charge in [0.25, 0.3) is 0 Å². The summed E-state index contributed by atoms with van der Waals surface area (Å²) in [5.41, 5.74) is 0. The monoisotopic (exact) mass is 125 g/mol. The average Bonchev–Trinajstić information content (AvgIpc) is 1.89. The summed E-state index contributed by atoms with van der Waals surface area (Å²) < 4.78 is 0. The first-order valence-electron chi connectivity index (χ1n) is 3.70. The third-order valence-electron chi connectivity index (χ3n) is 2.08. The van der Waals surface area contributed by atoms with Gasteiger partial charge < -0.3 is 5.32 Å². The molecule has 1 heteroatoms. The molecule has 2 atom stereocenters. The Morgan fingerprint density at radius 1 is 1.67 bits per heavy atom. The number of hydrogen-bond donors (Lipinski definition) is 1. The van der Waals surface area contributed by atoms with E-state index >= 15 is 0 Å². The predicted octanol–water partition coefficient (Wildman–Crippen LogP) is 1.56. The second-order valence-electron chi connectivity index (χ2n) is 2.84. The molecule has 0 aromatic carbocycles. The molecule has 0 saturated carbocycles. The molecule has 0 aromatic heterocycles. The van der Waals surface area contributed by atoms with Crippen LogP contribution in [-0.4, -0.2) is 12.6 Å². The molecule has 0 aliphatic carbocycles. The number of piperidine rings is 1. The molecule has 1 rings (SSSR count). The van der Waals surface area contributed by atoms with Crippen LogP contribution in [0, 0.1) is 5.92 Å². The molecule has 1 nitrogen and oxygen atoms in total. The first kappa shape index (κ1) is 6.81. The van der Waals surface area contributed by atoms with Crippen molar-refractivity contribution in [1.82, 2.24) is 5.32 Å². The molecule has 9 heavy (non-hydrogen) atoms. The summed E-state index contributed by atoms with van der Waals surface area (Å²) in [4.78, 5) is 0. The molecule has 0 radical (unpaired) electrons. The van der Waals surface area contributed by atoms with E-state index in [0.29, 0.717) is 6.04 Å². The fraction of sp³-hybridized carbons (Fsp3) is 0.750. The van der Waals surface area contributed by atoms with Gasteiger partial charge in [0.2, 0.25) is 0 Å². The summed E-state index contributed by atoms with van der Waals surface area (Å²) in [5, 5.41) is 3.40. The van der Waals surface area contributed by atoms with Gasteiger partial charge in [-0.15, -0.1) is 6.58 Å². The molecule has 0 spiro atoms. The van der Waals surface area contributed by atoms with Gasteiger partial charge in [-0.2, -0.15) is 0 Å². The Morgan fingerprint density at radius 2 is 2.44 bits per heavy atom. The molecule has 1 fully saturated rings. The van der Waals surface area contributed by atoms with Gasteiger partial charge >= 0.3 is 0 Å². The Balaban J connectivity index is 2.38. The Kier molecular flexibility index (Phi) is 2.29. The van der Waals surface area contributed by atoms with Crippen molar-refractivity contribution in [3.63, 3.8) is 0 Å². The molecule has 2 unspecified atom stereocenters. The summed E-state index contributed by atoms with van der Waals surface area (Å²) in [6.45, 7) is 7.22. The van der Waals surface area contributed by atoms with Crippen molar-refractivity contribution in [3.8, 4) is 0 Å². The van der Waals surface area contributed by atoms with Crippen molar-refractivity contribution in [3.05, 3.63) is 12.7 Å². The van der Waals surface area contributed by atoms with Crippen LogP contribution in [0.4, 0.5) is 0 Å². The van der Waals surface area contributed by atoms with Gasteiger partial charge in [-0.3, -0.25) is 0 Å². The molecule has 0 bridgehead atoms. The van der Waals surface area contributed by atoms with Crippen LogP contribution in [0.1, 0.15) is 19.8 Å². The van der Waals surface area contributed by atoms with Gasteiger partial charge in [-0.1, -0.05) is 13.0 Å². The van der Waals surface area contributed by atoms with Crippen molar-refractivity contribution in [2.24, 2.45) is 5.92 Å². The van der Waals surface area contributed by atoms with Crippen molar-refractivity contribution < 1.29 is 0 Å². The van der Waals surface area contributed by atoms with E-state index in [-0.39, 0.29) is 0 Å². The molecule has 1 saturated heterocycles. The minimum absolute atomic E-state index is 0.568. The Morgan fingerprint density at radius 3 is 2.89 bits per heavy atom. The lowest BCUT2D eigenvalue weighted by Crippen LogP contribution is -2.38. The average molecular weight is 125 g/mol. The topological polar surface area (TPSA) is 12.0 Å². The van der Waals surface area contributed by atoms with E-state index in [1.54, 1.807) is 0 Å². The fourth-order valence-electron chi connectivity index (χ4n) is 1.39. The molecule has 1 N–H and O–H groups in total. The zero-order valence-electron chi connectivity index (χ0n) is 6.06. The highest BCUT2D eigenvalue weighted by Crippen LogP contribution is 2.15. The second-order valence-corrected chi connectivity index (χ2v) is 2.84. The largest absolute Gasteiger partial charge is 0.310 e. The first-order chi connectivity index (χ1) is 4.34. The van der Waals surface area contributed by atoms with Crippen molar-refractivity contribution in [2.75, 3.05) is 6.54 Å². The van der Waals surface area contributed by atoms with E-state index in [9.17, 15) is 0 Å². The third-order valence-corrected chi connectivity index (χ3v) is 2.08. The number of hydrogen-bond acceptors (Lipinski definition) is 1. The van der Waals surface area contributed by atoms with Gasteiger partial charge in [-0.05, 0) is 25.3 Å². The molecule has 0 amide bonds. The lowest BCUT2D eigenvalue weighted by molar-refractivity contribution is 0.344. The van der Waals surface area contributed by atoms with E-state index in [1.807, 2.05) is 6.08 Å². The van der Waals surface area contributed by atoms with E-state index in [2.05, 4.69) is 18.8 Å². The van der Waals surface area contributed by atoms with Gasteiger partial charge in [0.1, 0.15) is 0 Å². The maximum atomic E-state index is 3.77. The zero-order chi connectivity index (χ0) is 6.69. The van der Waals surface area contributed by atoms with Crippen LogP contribution in [-0.2, 0) is 0 Å². The van der Waals surface area contributed by atoms with E-state index in [0.717, 1.165) is 5.92 Å².